The van der Waals surface area contributed by atoms with Crippen molar-refractivity contribution < 1.29 is 59.4 Å². The van der Waals surface area contributed by atoms with Crippen LogP contribution in [0.25, 0.3) is 32.3 Å². The van der Waals surface area contributed by atoms with Crippen molar-refractivity contribution in [2.75, 3.05) is 0 Å². The molecule has 38 heavy (non-hydrogen) atoms. The molecule has 0 atom stereocenters. The van der Waals surface area contributed by atoms with E-state index in [1.807, 2.05) is 0 Å². The third-order valence-corrected chi connectivity index (χ3v) is 6.12. The molecule has 0 heterocycles. The number of benzene rings is 4. The zero-order chi connectivity index (χ0) is 28.0. The molecule has 6 N–H and O–H groups in total. The second-order valence-electron chi connectivity index (χ2n) is 8.41. The van der Waals surface area contributed by atoms with Crippen LogP contribution in [0.2, 0.25) is 0 Å². The number of hydrogen-bond donors (Lipinski definition) is 6. The van der Waals surface area contributed by atoms with Gasteiger partial charge in [0.25, 0.3) is 0 Å². The highest BCUT2D eigenvalue weighted by atomic mass is 16.4. The van der Waals surface area contributed by atoms with Crippen LogP contribution in [0.15, 0.2) is 36.4 Å². The van der Waals surface area contributed by atoms with Crippen LogP contribution < -0.4 is 0 Å². The van der Waals surface area contributed by atoms with E-state index in [-0.39, 0.29) is 49.0 Å². The standard InChI is InChI=1S/C26H16O12/c27-21(28)3-9-1-13-15-5-11(23(31)32)10(4-22(29)30)2-14(15)17-7-19(25(35)36)20(26(37)38)8-18(17)16(13)6-12(9)24(33)34/h1-2,5-8H,3-4H2,(H,27,28)(H,29,30)(H,31,32)(H,33,34)(H,35,36)(H,37,38). The summed E-state index contributed by atoms with van der Waals surface area (Å²) in [4.78, 5) is 70.5. The molecular formula is C26H16O12. The largest absolute Gasteiger partial charge is 0.481 e. The Bertz CT molecular complexity index is 1730. The molecular weight excluding hydrogens is 504 g/mol. The summed E-state index contributed by atoms with van der Waals surface area (Å²) in [5, 5.41) is 58.1. The average molecular weight is 520 g/mol. The lowest BCUT2D eigenvalue weighted by molar-refractivity contribution is -0.137. The Morgan fingerprint density at radius 1 is 0.395 bits per heavy atom. The number of aliphatic carboxylic acids is 2. The molecule has 4 aromatic carbocycles. The summed E-state index contributed by atoms with van der Waals surface area (Å²) in [6.45, 7) is 0. The summed E-state index contributed by atoms with van der Waals surface area (Å²) in [5.41, 5.74) is -2.24. The molecule has 0 aliphatic carbocycles. The molecule has 0 aliphatic heterocycles. The van der Waals surface area contributed by atoms with E-state index in [0.29, 0.717) is 0 Å². The molecule has 0 aliphatic rings. The minimum Gasteiger partial charge on any atom is -0.481 e. The summed E-state index contributed by atoms with van der Waals surface area (Å²) >= 11 is 0. The van der Waals surface area contributed by atoms with Gasteiger partial charge in [0.2, 0.25) is 0 Å². The van der Waals surface area contributed by atoms with E-state index in [1.54, 1.807) is 0 Å². The second-order valence-corrected chi connectivity index (χ2v) is 8.41. The molecule has 4 aromatic rings. The van der Waals surface area contributed by atoms with Crippen molar-refractivity contribution >= 4 is 68.1 Å². The summed E-state index contributed by atoms with van der Waals surface area (Å²) < 4.78 is 0. The van der Waals surface area contributed by atoms with Crippen molar-refractivity contribution in [2.45, 2.75) is 12.8 Å². The monoisotopic (exact) mass is 520 g/mol. The first-order valence-electron chi connectivity index (χ1n) is 10.7. The Hall–Kier alpha value is -5.52. The van der Waals surface area contributed by atoms with Gasteiger partial charge in [0.05, 0.1) is 35.1 Å². The van der Waals surface area contributed by atoms with Gasteiger partial charge in [-0.2, -0.15) is 0 Å². The normalized spacial score (nSPS) is 11.1. The number of fused-ring (bicyclic) bond motifs is 6. The lowest BCUT2D eigenvalue weighted by Crippen LogP contribution is -2.10. The molecule has 0 spiro atoms. The van der Waals surface area contributed by atoms with Crippen molar-refractivity contribution in [2.24, 2.45) is 0 Å². The van der Waals surface area contributed by atoms with Crippen molar-refractivity contribution in [1.82, 2.24) is 0 Å². The first-order valence-corrected chi connectivity index (χ1v) is 10.7. The maximum Gasteiger partial charge on any atom is 0.336 e. The molecule has 0 saturated carbocycles. The topological polar surface area (TPSA) is 224 Å². The van der Waals surface area contributed by atoms with Crippen LogP contribution in [0, 0.1) is 0 Å². The molecule has 12 heteroatoms. The Labute approximate surface area is 210 Å². The second kappa shape index (κ2) is 9.17. The number of carboxylic acids is 6. The third kappa shape index (κ3) is 4.30. The Morgan fingerprint density at radius 2 is 0.632 bits per heavy atom. The number of carbonyl (C=O) groups is 6. The molecule has 0 bridgehead atoms. The van der Waals surface area contributed by atoms with Gasteiger partial charge in [-0.1, -0.05) is 0 Å². The summed E-state index contributed by atoms with van der Waals surface area (Å²) in [7, 11) is 0. The quantitative estimate of drug-likeness (QED) is 0.184. The van der Waals surface area contributed by atoms with E-state index in [2.05, 4.69) is 0 Å². The molecule has 0 amide bonds. The SMILES string of the molecule is O=C(O)Cc1cc2c3cc(C(=O)O)c(CC(=O)O)cc3c3cc(C(=O)O)c(C(=O)O)cc3c2cc1C(=O)O. The fourth-order valence-electron chi connectivity index (χ4n) is 4.60. The highest BCUT2D eigenvalue weighted by molar-refractivity contribution is 6.28. The van der Waals surface area contributed by atoms with Crippen LogP contribution in [-0.4, -0.2) is 66.5 Å². The van der Waals surface area contributed by atoms with Gasteiger partial charge in [0.1, 0.15) is 0 Å². The maximum absolute atomic E-state index is 12.0. The van der Waals surface area contributed by atoms with Crippen LogP contribution in [0.3, 0.4) is 0 Å². The van der Waals surface area contributed by atoms with E-state index in [4.69, 9.17) is 0 Å². The van der Waals surface area contributed by atoms with Gasteiger partial charge >= 0.3 is 35.8 Å². The first kappa shape index (κ1) is 25.6. The molecule has 0 aromatic heterocycles. The van der Waals surface area contributed by atoms with Crippen LogP contribution in [-0.2, 0) is 22.4 Å². The van der Waals surface area contributed by atoms with Gasteiger partial charge in [-0.25, -0.2) is 19.2 Å². The fraction of sp³-hybridized carbons (Fsp3) is 0.0769. The smallest absolute Gasteiger partial charge is 0.336 e. The van der Waals surface area contributed by atoms with Crippen molar-refractivity contribution in [3.63, 3.8) is 0 Å². The van der Waals surface area contributed by atoms with Gasteiger partial charge in [-0.15, -0.1) is 0 Å². The van der Waals surface area contributed by atoms with Crippen LogP contribution in [0.5, 0.6) is 0 Å². The van der Waals surface area contributed by atoms with Crippen molar-refractivity contribution in [3.05, 3.63) is 69.8 Å². The van der Waals surface area contributed by atoms with Gasteiger partial charge in [0, 0.05) is 0 Å². The van der Waals surface area contributed by atoms with Crippen LogP contribution in [0.1, 0.15) is 52.6 Å². The summed E-state index contributed by atoms with van der Waals surface area (Å²) in [6.07, 6.45) is -1.39. The van der Waals surface area contributed by atoms with Gasteiger partial charge in [0.15, 0.2) is 0 Å². The van der Waals surface area contributed by atoms with Crippen molar-refractivity contribution in [3.8, 4) is 0 Å². The van der Waals surface area contributed by atoms with Crippen molar-refractivity contribution in [1.29, 1.82) is 0 Å². The summed E-state index contributed by atoms with van der Waals surface area (Å²) in [5.74, 6) is -8.77. The fourth-order valence-corrected chi connectivity index (χ4v) is 4.60. The Balaban J connectivity index is 2.35. The average Bonchev–Trinajstić information content (AvgIpc) is 2.81. The molecule has 0 unspecified atom stereocenters. The highest BCUT2D eigenvalue weighted by Gasteiger charge is 2.24. The van der Waals surface area contributed by atoms with Gasteiger partial charge in [-0.05, 0) is 79.8 Å². The number of rotatable bonds is 8. The first-order chi connectivity index (χ1) is 17.8. The predicted molar refractivity (Wildman–Crippen MR) is 129 cm³/mol. The zero-order valence-corrected chi connectivity index (χ0v) is 19.0. The molecule has 0 saturated heterocycles. The minimum atomic E-state index is -1.58. The predicted octanol–water partition coefficient (Wildman–Crippen LogP) is 3.19. The summed E-state index contributed by atoms with van der Waals surface area (Å²) in [6, 6.07) is 6.82. The Kier molecular flexibility index (Phi) is 6.17. The third-order valence-electron chi connectivity index (χ3n) is 6.12. The van der Waals surface area contributed by atoms with E-state index in [0.717, 1.165) is 24.3 Å². The number of aromatic carboxylic acids is 4. The number of hydrogen-bond acceptors (Lipinski definition) is 6. The highest BCUT2D eigenvalue weighted by Crippen LogP contribution is 2.39. The lowest BCUT2D eigenvalue weighted by atomic mass is 9.86. The van der Waals surface area contributed by atoms with E-state index in [9.17, 15) is 59.4 Å². The molecule has 0 fully saturated rings. The van der Waals surface area contributed by atoms with E-state index in [1.165, 1.54) is 12.1 Å². The maximum atomic E-state index is 12.0. The van der Waals surface area contributed by atoms with Gasteiger partial charge in [-0.3, -0.25) is 9.59 Å². The van der Waals surface area contributed by atoms with E-state index < -0.39 is 65.3 Å². The van der Waals surface area contributed by atoms with E-state index >= 15 is 0 Å². The Morgan fingerprint density at radius 3 is 0.868 bits per heavy atom. The zero-order valence-electron chi connectivity index (χ0n) is 19.0. The van der Waals surface area contributed by atoms with Crippen LogP contribution >= 0.6 is 0 Å². The van der Waals surface area contributed by atoms with Crippen LogP contribution in [0.4, 0.5) is 0 Å². The molecule has 4 rings (SSSR count). The molecule has 192 valence electrons. The minimum absolute atomic E-state index is 0.0867. The van der Waals surface area contributed by atoms with Gasteiger partial charge < -0.3 is 30.6 Å². The molecule has 0 radical (unpaired) electrons. The number of carboxylic acid groups (broad SMARTS) is 6. The lowest BCUT2D eigenvalue weighted by Gasteiger charge is -2.17. The molecule has 12 nitrogen and oxygen atoms in total.